The molecule has 23 heavy (non-hydrogen) atoms. The molecule has 1 aromatic heterocycles. The van der Waals surface area contributed by atoms with Gasteiger partial charge in [0.25, 0.3) is 0 Å². The summed E-state index contributed by atoms with van der Waals surface area (Å²) < 4.78 is 97.4. The van der Waals surface area contributed by atoms with Crippen LogP contribution in [-0.4, -0.2) is 18.5 Å². The summed E-state index contributed by atoms with van der Waals surface area (Å²) in [6, 6.07) is 6.20. The Kier molecular flexibility index (Phi) is 5.62. The van der Waals surface area contributed by atoms with Crippen molar-refractivity contribution in [3.05, 3.63) is 34.2 Å². The van der Waals surface area contributed by atoms with Gasteiger partial charge in [-0.1, -0.05) is 11.6 Å². The largest absolute Gasteiger partial charge is 0.741 e. The normalized spacial score (nSPS) is 13.7. The molecule has 0 aliphatic carbocycles. The Morgan fingerprint density at radius 1 is 1.09 bits per heavy atom. The minimum Gasteiger partial charge on any atom is -0.741 e. The van der Waals surface area contributed by atoms with Crippen molar-refractivity contribution < 1.29 is 39.3 Å². The van der Waals surface area contributed by atoms with E-state index in [1.165, 1.54) is 13.0 Å². The first-order valence-corrected chi connectivity index (χ1v) is 8.47. The molecule has 2 rings (SSSR count). The van der Waals surface area contributed by atoms with Gasteiger partial charge in [-0.05, 0) is 12.1 Å². The Balaban J connectivity index is 0.000000284. The fraction of sp³-hybridized carbons (Fsp3) is 0.273. The Hall–Kier alpha value is -1.04. The van der Waals surface area contributed by atoms with Crippen molar-refractivity contribution in [2.24, 2.45) is 0 Å². The zero-order chi connectivity index (χ0) is 18.2. The third-order valence-electron chi connectivity index (χ3n) is 2.39. The summed E-state index contributed by atoms with van der Waals surface area (Å²) in [6.45, 7) is 1.50. The second kappa shape index (κ2) is 6.46. The zero-order valence-electron chi connectivity index (χ0n) is 11.0. The van der Waals surface area contributed by atoms with Crippen LogP contribution in [0.1, 0.15) is 4.88 Å². The van der Waals surface area contributed by atoms with Gasteiger partial charge in [-0.25, -0.2) is 8.42 Å². The minimum atomic E-state index is -6.09. The summed E-state index contributed by atoms with van der Waals surface area (Å²) >= 11 is 5.70. The second-order valence-electron chi connectivity index (χ2n) is 4.09. The molecule has 0 saturated carbocycles. The molecular formula is C11H7ClF6O3S2. The van der Waals surface area contributed by atoms with E-state index in [0.717, 1.165) is 0 Å². The lowest BCUT2D eigenvalue weighted by atomic mass is 10.2. The van der Waals surface area contributed by atoms with Gasteiger partial charge in [0.1, 0.15) is 0 Å². The summed E-state index contributed by atoms with van der Waals surface area (Å²) in [5, 5.41) is 0.969. The molecule has 0 radical (unpaired) electrons. The summed E-state index contributed by atoms with van der Waals surface area (Å²) in [7, 11) is -7.89. The van der Waals surface area contributed by atoms with Crippen LogP contribution < -0.4 is 0 Å². The fourth-order valence-electron chi connectivity index (χ4n) is 1.56. The lowest BCUT2D eigenvalue weighted by molar-refractivity contribution is -0.0867. The standard InChI is InChI=1S/C10H7ClF3S.CHF3O3S/c1-6-4-7-2-3-8(11)5-9(7)15(6)10(12,13)14;2-1(3,4)8(5,6)7/h2-5H,1H3;(H,5,6,7)/q+1;/p-1. The van der Waals surface area contributed by atoms with E-state index in [2.05, 4.69) is 0 Å². The minimum absolute atomic E-state index is 0.285. The first-order chi connectivity index (χ1) is 10.1. The topological polar surface area (TPSA) is 57.2 Å². The lowest BCUT2D eigenvalue weighted by Crippen LogP contribution is -2.21. The summed E-state index contributed by atoms with van der Waals surface area (Å²) in [6.07, 6.45) is 0. The molecule has 2 aromatic rings. The quantitative estimate of drug-likeness (QED) is 0.268. The van der Waals surface area contributed by atoms with E-state index < -0.39 is 31.6 Å². The maximum absolute atomic E-state index is 12.7. The number of hydrogen-bond donors (Lipinski definition) is 0. The number of fused-ring (bicyclic) bond motifs is 1. The van der Waals surface area contributed by atoms with Crippen LogP contribution in [0.4, 0.5) is 26.3 Å². The van der Waals surface area contributed by atoms with Crippen molar-refractivity contribution in [2.75, 3.05) is 0 Å². The van der Waals surface area contributed by atoms with E-state index in [1.807, 2.05) is 0 Å². The predicted octanol–water partition coefficient (Wildman–Crippen LogP) is 5.08. The van der Waals surface area contributed by atoms with Gasteiger partial charge in [0.05, 0.1) is 10.5 Å². The fourth-order valence-corrected chi connectivity index (χ4v) is 3.61. The molecule has 0 aliphatic rings. The van der Waals surface area contributed by atoms with E-state index >= 15 is 0 Å². The van der Waals surface area contributed by atoms with Crippen molar-refractivity contribution in [1.29, 1.82) is 0 Å². The predicted molar refractivity (Wildman–Crippen MR) is 73.2 cm³/mol. The number of aryl methyl sites for hydroxylation is 1. The van der Waals surface area contributed by atoms with E-state index in [0.29, 0.717) is 15.3 Å². The average Bonchev–Trinajstić information content (AvgIpc) is 2.61. The van der Waals surface area contributed by atoms with E-state index in [1.54, 1.807) is 18.2 Å². The Morgan fingerprint density at radius 3 is 1.96 bits per heavy atom. The highest BCUT2D eigenvalue weighted by atomic mass is 35.5. The molecule has 130 valence electrons. The van der Waals surface area contributed by atoms with Gasteiger partial charge >= 0.3 is 11.0 Å². The van der Waals surface area contributed by atoms with Crippen molar-refractivity contribution in [3.8, 4) is 0 Å². The number of halogens is 7. The molecule has 0 saturated heterocycles. The summed E-state index contributed by atoms with van der Waals surface area (Å²) in [4.78, 5) is 0.347. The molecular weight excluding hydrogens is 394 g/mol. The van der Waals surface area contributed by atoms with E-state index in [-0.39, 0.29) is 4.70 Å². The molecule has 0 amide bonds. The monoisotopic (exact) mass is 400 g/mol. The van der Waals surface area contributed by atoms with Gasteiger partial charge in [-0.3, -0.25) is 0 Å². The highest BCUT2D eigenvalue weighted by Gasteiger charge is 2.46. The zero-order valence-corrected chi connectivity index (χ0v) is 13.4. The molecule has 1 heterocycles. The number of thiophene rings is 1. The molecule has 3 nitrogen and oxygen atoms in total. The SMILES string of the molecule is Cc1cc2ccc(Cl)cc2[s+]1C(F)(F)F.O=S(=O)([O-])C(F)(F)F. The van der Waals surface area contributed by atoms with Crippen molar-refractivity contribution in [1.82, 2.24) is 0 Å². The van der Waals surface area contributed by atoms with Crippen LogP contribution in [-0.2, 0) is 15.6 Å². The summed E-state index contributed by atoms with van der Waals surface area (Å²) in [5.74, 6) is 0. The van der Waals surface area contributed by atoms with Gasteiger partial charge in [0.15, 0.2) is 19.7 Å². The maximum Gasteiger partial charge on any atom is 0.600 e. The molecule has 0 N–H and O–H groups in total. The third kappa shape index (κ3) is 4.96. The molecule has 12 heteroatoms. The van der Waals surface area contributed by atoms with Crippen LogP contribution in [0.3, 0.4) is 0 Å². The molecule has 0 aliphatic heterocycles. The van der Waals surface area contributed by atoms with Crippen LogP contribution in [0.25, 0.3) is 10.1 Å². The van der Waals surface area contributed by atoms with E-state index in [4.69, 9.17) is 24.6 Å². The van der Waals surface area contributed by atoms with Crippen molar-refractivity contribution >= 4 is 42.3 Å². The summed E-state index contributed by atoms with van der Waals surface area (Å²) in [5.41, 5.74) is -9.86. The lowest BCUT2D eigenvalue weighted by Gasteiger charge is -2.08. The maximum atomic E-state index is 12.7. The van der Waals surface area contributed by atoms with Crippen molar-refractivity contribution in [3.63, 3.8) is 0 Å². The smallest absolute Gasteiger partial charge is 0.600 e. The third-order valence-corrected chi connectivity index (χ3v) is 5.21. The second-order valence-corrected chi connectivity index (χ2v) is 8.06. The number of alkyl halides is 6. The van der Waals surface area contributed by atoms with Gasteiger partial charge in [-0.15, -0.1) is 13.2 Å². The van der Waals surface area contributed by atoms with Gasteiger partial charge in [-0.2, -0.15) is 13.2 Å². The van der Waals surface area contributed by atoms with Crippen LogP contribution >= 0.6 is 22.1 Å². The van der Waals surface area contributed by atoms with Crippen LogP contribution in [0.5, 0.6) is 0 Å². The highest BCUT2D eigenvalue weighted by Crippen LogP contribution is 2.50. The Bertz CT molecular complexity index is 808. The molecule has 1 aromatic carbocycles. The van der Waals surface area contributed by atoms with Gasteiger partial charge < -0.3 is 4.55 Å². The van der Waals surface area contributed by atoms with Crippen molar-refractivity contribution in [2.45, 2.75) is 17.9 Å². The van der Waals surface area contributed by atoms with Gasteiger partial charge in [0.2, 0.25) is 0 Å². The van der Waals surface area contributed by atoms with Crippen LogP contribution in [0, 0.1) is 6.92 Å². The average molecular weight is 401 g/mol. The van der Waals surface area contributed by atoms with E-state index in [9.17, 15) is 26.3 Å². The van der Waals surface area contributed by atoms with Crippen LogP contribution in [0.2, 0.25) is 5.02 Å². The number of hydrogen-bond acceptors (Lipinski definition) is 3. The molecule has 0 fully saturated rings. The molecule has 0 spiro atoms. The number of benzene rings is 1. The highest BCUT2D eigenvalue weighted by molar-refractivity contribution is 7.86. The molecule has 1 unspecified atom stereocenters. The molecule has 1 atom stereocenters. The number of rotatable bonds is 0. The molecule has 0 bridgehead atoms. The Morgan fingerprint density at radius 2 is 1.57 bits per heavy atom. The van der Waals surface area contributed by atoms with Gasteiger partial charge in [0, 0.05) is 29.5 Å². The Labute approximate surface area is 134 Å². The first kappa shape index (κ1) is 20.0. The van der Waals surface area contributed by atoms with Crippen LogP contribution in [0.15, 0.2) is 24.3 Å². The first-order valence-electron chi connectivity index (χ1n) is 5.45.